The minimum absolute atomic E-state index is 0.0903. The molecule has 2 atom stereocenters. The van der Waals surface area contributed by atoms with Crippen molar-refractivity contribution in [3.8, 4) is 0 Å². The second-order valence-corrected chi connectivity index (χ2v) is 11.1. The van der Waals surface area contributed by atoms with Gasteiger partial charge in [-0.1, -0.05) is 39.5 Å². The predicted octanol–water partition coefficient (Wildman–Crippen LogP) is 2.34. The maximum absolute atomic E-state index is 11.0. The number of unbranched alkanes of at least 4 members (excludes halogenated alkanes) is 4. The third-order valence-corrected chi connectivity index (χ3v) is 8.42. The molecule has 0 heterocycles. The van der Waals surface area contributed by atoms with E-state index in [2.05, 4.69) is 13.8 Å². The zero-order valence-electron chi connectivity index (χ0n) is 17.1. The van der Waals surface area contributed by atoms with Crippen LogP contribution in [-0.4, -0.2) is 43.8 Å². The van der Waals surface area contributed by atoms with Crippen molar-refractivity contribution >= 4 is 33.1 Å². The van der Waals surface area contributed by atoms with Crippen LogP contribution >= 0.6 is 0 Å². The first-order valence-corrected chi connectivity index (χ1v) is 14.2. The van der Waals surface area contributed by atoms with Gasteiger partial charge in [0.05, 0.1) is 5.97 Å². The van der Waals surface area contributed by atoms with Crippen molar-refractivity contribution in [2.75, 3.05) is 0 Å². The van der Waals surface area contributed by atoms with Crippen LogP contribution in [0.25, 0.3) is 0 Å². The molecule has 0 aromatic heterocycles. The molecule has 0 rings (SSSR count). The summed E-state index contributed by atoms with van der Waals surface area (Å²) in [7, 11) is 0. The molecule has 1 N–H and O–H groups in total. The van der Waals surface area contributed by atoms with Crippen molar-refractivity contribution in [2.45, 2.75) is 106 Å². The Morgan fingerprint density at radius 2 is 1.35 bits per heavy atom. The summed E-state index contributed by atoms with van der Waals surface area (Å²) in [6.45, 7) is 8.27. The summed E-state index contributed by atoms with van der Waals surface area (Å²) in [5.41, 5.74) is -2.32. The van der Waals surface area contributed by atoms with Crippen LogP contribution in [0.2, 0.25) is 8.87 Å². The van der Waals surface area contributed by atoms with E-state index >= 15 is 0 Å². The molecule has 0 radical (unpaired) electrons. The van der Waals surface area contributed by atoms with Crippen LogP contribution in [-0.2, 0) is 9.59 Å². The number of carboxylic acid groups (broad SMARTS) is 2. The Bertz CT molecular complexity index is 356. The Kier molecular flexibility index (Phi) is 19.4. The van der Waals surface area contributed by atoms with Crippen molar-refractivity contribution in [3.05, 3.63) is 0 Å². The average Bonchev–Trinajstić information content (AvgIpc) is 2.60. The van der Waals surface area contributed by atoms with E-state index in [1.807, 2.05) is 13.8 Å². The van der Waals surface area contributed by atoms with E-state index in [0.29, 0.717) is 19.3 Å². The molecule has 2 unspecified atom stereocenters. The van der Waals surface area contributed by atoms with Crippen LogP contribution < -0.4 is 10.2 Å². The van der Waals surface area contributed by atoms with Gasteiger partial charge in [-0.3, -0.25) is 0 Å². The molecular weight excluding hydrogens is 439 g/mol. The molecule has 0 aliphatic heterocycles. The Hall–Kier alpha value is -0.301. The molecule has 152 valence electrons. The molecule has 0 saturated carbocycles. The fraction of sp³-hybridized carbons (Fsp3) is 0.900. The van der Waals surface area contributed by atoms with Gasteiger partial charge in [0.15, 0.2) is 0 Å². The number of rotatable bonds is 15. The third-order valence-electron chi connectivity index (χ3n) is 4.39. The summed E-state index contributed by atoms with van der Waals surface area (Å²) in [5.74, 6) is -4.66. The number of carbonyl (C=O) groups is 2. The molecule has 0 aliphatic carbocycles. The topological polar surface area (TPSA) is 100 Å². The zero-order chi connectivity index (χ0) is 20.4. The van der Waals surface area contributed by atoms with Gasteiger partial charge in [0, 0.05) is 11.9 Å². The van der Waals surface area contributed by atoms with Gasteiger partial charge in [0.25, 0.3) is 0 Å². The van der Waals surface area contributed by atoms with Gasteiger partial charge in [0.2, 0.25) is 0 Å². The van der Waals surface area contributed by atoms with Crippen molar-refractivity contribution in [3.63, 3.8) is 0 Å². The summed E-state index contributed by atoms with van der Waals surface area (Å²) in [4.78, 5) is 21.9. The van der Waals surface area contributed by atoms with E-state index in [4.69, 9.17) is 0 Å². The first kappa shape index (κ1) is 27.9. The Labute approximate surface area is 170 Å². The summed E-state index contributed by atoms with van der Waals surface area (Å²) < 4.78 is 3.25. The number of hydrogen-bond acceptors (Lipinski definition) is 5. The van der Waals surface area contributed by atoms with Gasteiger partial charge in [-0.05, 0) is 12.8 Å². The fourth-order valence-electron chi connectivity index (χ4n) is 2.55. The average molecular weight is 477 g/mol. The molecule has 0 fully saturated rings. The molecule has 0 aliphatic rings. The van der Waals surface area contributed by atoms with Crippen LogP contribution in [0.1, 0.15) is 91.9 Å². The predicted molar refractivity (Wildman–Crippen MR) is 103 cm³/mol. The van der Waals surface area contributed by atoms with Crippen molar-refractivity contribution in [2.24, 2.45) is 5.92 Å². The molecule has 0 spiro atoms. The van der Waals surface area contributed by atoms with Crippen molar-refractivity contribution in [1.29, 1.82) is 0 Å². The Balaban J connectivity index is 0. The second-order valence-electron chi connectivity index (χ2n) is 6.79. The van der Waals surface area contributed by atoms with E-state index < -0.39 is 23.5 Å². The number of hydrogen-bond donors (Lipinski definition) is 1. The molecule has 6 heteroatoms. The molecular formula is C20H38O5Sn. The minimum atomic E-state index is -2.32. The van der Waals surface area contributed by atoms with Gasteiger partial charge in [-0.2, -0.15) is 0 Å². The molecule has 0 bridgehead atoms. The van der Waals surface area contributed by atoms with E-state index in [-0.39, 0.29) is 34.0 Å². The quantitative estimate of drug-likeness (QED) is 0.288. The van der Waals surface area contributed by atoms with Gasteiger partial charge in [-0.15, -0.1) is 0 Å². The maximum atomic E-state index is 11.0. The first-order valence-electron chi connectivity index (χ1n) is 10.2. The molecule has 5 nitrogen and oxygen atoms in total. The summed E-state index contributed by atoms with van der Waals surface area (Å²) >= 11 is 0.149. The number of carboxylic acids is 2. The summed E-state index contributed by atoms with van der Waals surface area (Å²) in [5, 5.41) is 31.9. The monoisotopic (exact) mass is 478 g/mol. The standard InChI is InChI=1S/C12H22O5.2C4H9.Sn/c1-3-5-7-9(10(13)14)12(17,11(15)16)8-6-4-2;2*1-3-4-2;/h9,17H,3-8H2,1-2H3,(H,13,14)(H,15,16);2*1,3-4H2,2H3;/q;;;+2/p-2. The second kappa shape index (κ2) is 18.1. The molecule has 0 amide bonds. The van der Waals surface area contributed by atoms with Crippen LogP contribution in [0, 0.1) is 5.92 Å². The molecule has 26 heavy (non-hydrogen) atoms. The van der Waals surface area contributed by atoms with Gasteiger partial charge >= 0.3 is 69.5 Å². The van der Waals surface area contributed by atoms with Crippen molar-refractivity contribution < 1.29 is 24.9 Å². The normalized spacial score (nSPS) is 13.7. The summed E-state index contributed by atoms with van der Waals surface area (Å²) in [6.07, 6.45) is 8.16. The van der Waals surface area contributed by atoms with E-state index in [0.717, 1.165) is 6.42 Å². The fourth-order valence-corrected chi connectivity index (χ4v) is 6.71. The van der Waals surface area contributed by atoms with Gasteiger partial charge in [-0.25, -0.2) is 0 Å². The SMILES string of the molecule is CCCCC(C(=O)[O-])C(O)(CCCC)C(=O)[O-].CCC[CH2][Sn+2][CH2]CCC. The Morgan fingerprint density at radius 3 is 1.69 bits per heavy atom. The van der Waals surface area contributed by atoms with Gasteiger partial charge in [0.1, 0.15) is 5.60 Å². The van der Waals surface area contributed by atoms with E-state index in [9.17, 15) is 24.9 Å². The zero-order valence-corrected chi connectivity index (χ0v) is 20.0. The van der Waals surface area contributed by atoms with Crippen LogP contribution in [0.15, 0.2) is 0 Å². The third kappa shape index (κ3) is 13.0. The van der Waals surface area contributed by atoms with Gasteiger partial charge < -0.3 is 24.9 Å². The number of aliphatic hydroxyl groups is 1. The molecule has 0 aromatic carbocycles. The summed E-state index contributed by atoms with van der Waals surface area (Å²) in [6, 6.07) is 0. The molecule has 0 aromatic rings. The molecule has 0 saturated heterocycles. The van der Waals surface area contributed by atoms with Crippen LogP contribution in [0.5, 0.6) is 0 Å². The number of carbonyl (C=O) groups excluding carboxylic acids is 2. The van der Waals surface area contributed by atoms with Crippen molar-refractivity contribution in [1.82, 2.24) is 0 Å². The first-order chi connectivity index (χ1) is 12.3. The van der Waals surface area contributed by atoms with Crippen LogP contribution in [0.4, 0.5) is 0 Å². The van der Waals surface area contributed by atoms with E-state index in [1.54, 1.807) is 8.87 Å². The van der Waals surface area contributed by atoms with E-state index in [1.165, 1.54) is 25.7 Å². The Morgan fingerprint density at radius 1 is 0.885 bits per heavy atom. The number of aliphatic carboxylic acids is 2. The van der Waals surface area contributed by atoms with Crippen LogP contribution in [0.3, 0.4) is 0 Å².